The summed E-state index contributed by atoms with van der Waals surface area (Å²) >= 11 is 0. The average Bonchev–Trinajstić information content (AvgIpc) is 2.16. The zero-order valence-corrected chi connectivity index (χ0v) is 9.52. The van der Waals surface area contributed by atoms with E-state index in [1.165, 1.54) is 16.7 Å². The van der Waals surface area contributed by atoms with Crippen molar-refractivity contribution in [2.24, 2.45) is 0 Å². The first-order valence-electron chi connectivity index (χ1n) is 5.43. The number of fused-ring (bicyclic) bond motifs is 1. The quantitative estimate of drug-likeness (QED) is 0.661. The van der Waals surface area contributed by atoms with Crippen LogP contribution < -0.4 is 5.32 Å². The highest BCUT2D eigenvalue weighted by molar-refractivity contribution is 5.44. The molecule has 0 fully saturated rings. The van der Waals surface area contributed by atoms with Gasteiger partial charge in [-0.1, -0.05) is 19.1 Å². The maximum Gasteiger partial charge on any atom is 0.0213 e. The van der Waals surface area contributed by atoms with E-state index in [1.54, 1.807) is 5.56 Å². The molecule has 1 aromatic carbocycles. The Bertz CT molecular complexity index is 354. The van der Waals surface area contributed by atoms with Crippen molar-refractivity contribution in [2.75, 3.05) is 0 Å². The summed E-state index contributed by atoms with van der Waals surface area (Å²) in [4.78, 5) is 0. The molecule has 0 aliphatic carbocycles. The fraction of sp³-hybridized carbons (Fsp3) is 0.538. The Kier molecular flexibility index (Phi) is 2.36. The number of hydrogen-bond acceptors (Lipinski definition) is 1. The van der Waals surface area contributed by atoms with Crippen molar-refractivity contribution in [2.45, 2.75) is 46.2 Å². The Morgan fingerprint density at radius 3 is 2.50 bits per heavy atom. The van der Waals surface area contributed by atoms with Crippen LogP contribution in [0.2, 0.25) is 0 Å². The summed E-state index contributed by atoms with van der Waals surface area (Å²) < 4.78 is 0. The molecule has 1 heteroatoms. The topological polar surface area (TPSA) is 12.0 Å². The van der Waals surface area contributed by atoms with Gasteiger partial charge in [0.15, 0.2) is 0 Å². The summed E-state index contributed by atoms with van der Waals surface area (Å²) in [6, 6.07) is 5.09. The standard InChI is InChI=1S/C13H19N/c1-8-5-6-9(2)13-10(3)11(4)14-7-12(8)13/h5-6,10-11,14H,7H2,1-4H3. The Morgan fingerprint density at radius 2 is 1.79 bits per heavy atom. The van der Waals surface area contributed by atoms with Crippen molar-refractivity contribution in [3.05, 3.63) is 34.4 Å². The second kappa shape index (κ2) is 3.39. The van der Waals surface area contributed by atoms with E-state index in [9.17, 15) is 0 Å². The summed E-state index contributed by atoms with van der Waals surface area (Å²) in [5.41, 5.74) is 5.98. The summed E-state index contributed by atoms with van der Waals surface area (Å²) in [6.07, 6.45) is 0. The summed E-state index contributed by atoms with van der Waals surface area (Å²) in [5.74, 6) is 0.638. The second-order valence-electron chi connectivity index (χ2n) is 4.55. The predicted molar refractivity (Wildman–Crippen MR) is 60.6 cm³/mol. The fourth-order valence-corrected chi connectivity index (χ4v) is 2.45. The Hall–Kier alpha value is -0.820. The minimum absolute atomic E-state index is 0.600. The molecule has 1 aliphatic heterocycles. The van der Waals surface area contributed by atoms with Gasteiger partial charge in [0.1, 0.15) is 0 Å². The van der Waals surface area contributed by atoms with Gasteiger partial charge >= 0.3 is 0 Å². The van der Waals surface area contributed by atoms with Crippen molar-refractivity contribution in [3.63, 3.8) is 0 Å². The van der Waals surface area contributed by atoms with Crippen LogP contribution >= 0.6 is 0 Å². The summed E-state index contributed by atoms with van der Waals surface area (Å²) in [5, 5.41) is 3.56. The highest BCUT2D eigenvalue weighted by Crippen LogP contribution is 2.32. The largest absolute Gasteiger partial charge is 0.310 e. The molecule has 1 N–H and O–H groups in total. The van der Waals surface area contributed by atoms with Gasteiger partial charge in [0.05, 0.1) is 0 Å². The van der Waals surface area contributed by atoms with Crippen molar-refractivity contribution < 1.29 is 0 Å². The van der Waals surface area contributed by atoms with Gasteiger partial charge in [0.25, 0.3) is 0 Å². The molecular weight excluding hydrogens is 170 g/mol. The van der Waals surface area contributed by atoms with Crippen LogP contribution in [0.3, 0.4) is 0 Å². The molecule has 76 valence electrons. The highest BCUT2D eigenvalue weighted by atomic mass is 14.9. The van der Waals surface area contributed by atoms with Crippen molar-refractivity contribution >= 4 is 0 Å². The highest BCUT2D eigenvalue weighted by Gasteiger charge is 2.24. The van der Waals surface area contributed by atoms with Crippen LogP contribution in [0.15, 0.2) is 12.1 Å². The molecule has 2 atom stereocenters. The van der Waals surface area contributed by atoms with Crippen LogP contribution in [0, 0.1) is 13.8 Å². The molecule has 0 spiro atoms. The lowest BCUT2D eigenvalue weighted by molar-refractivity contribution is 0.446. The Morgan fingerprint density at radius 1 is 1.14 bits per heavy atom. The van der Waals surface area contributed by atoms with Gasteiger partial charge in [-0.3, -0.25) is 0 Å². The van der Waals surface area contributed by atoms with E-state index >= 15 is 0 Å². The van der Waals surface area contributed by atoms with Crippen LogP contribution in [-0.4, -0.2) is 6.04 Å². The summed E-state index contributed by atoms with van der Waals surface area (Å²) in [6.45, 7) is 10.1. The molecule has 2 unspecified atom stereocenters. The molecule has 0 bridgehead atoms. The fourth-order valence-electron chi connectivity index (χ4n) is 2.45. The van der Waals surface area contributed by atoms with E-state index in [0.29, 0.717) is 12.0 Å². The first-order valence-corrected chi connectivity index (χ1v) is 5.43. The van der Waals surface area contributed by atoms with E-state index < -0.39 is 0 Å². The molecular formula is C13H19N. The Balaban J connectivity index is 2.58. The maximum atomic E-state index is 3.56. The molecule has 1 nitrogen and oxygen atoms in total. The van der Waals surface area contributed by atoms with Gasteiger partial charge < -0.3 is 5.32 Å². The van der Waals surface area contributed by atoms with Gasteiger partial charge in [0.2, 0.25) is 0 Å². The molecule has 0 amide bonds. The van der Waals surface area contributed by atoms with Crippen LogP contribution in [-0.2, 0) is 6.54 Å². The van der Waals surface area contributed by atoms with Crippen molar-refractivity contribution in [3.8, 4) is 0 Å². The van der Waals surface area contributed by atoms with Gasteiger partial charge in [-0.15, -0.1) is 0 Å². The molecule has 1 aromatic rings. The van der Waals surface area contributed by atoms with Crippen molar-refractivity contribution in [1.82, 2.24) is 5.32 Å². The normalized spacial score (nSPS) is 26.0. The molecule has 0 saturated heterocycles. The number of rotatable bonds is 0. The third-order valence-corrected chi connectivity index (χ3v) is 3.62. The maximum absolute atomic E-state index is 3.56. The lowest BCUT2D eigenvalue weighted by atomic mass is 9.82. The SMILES string of the molecule is Cc1ccc(C)c2c1CNC(C)C2C. The number of hydrogen-bond donors (Lipinski definition) is 1. The number of benzene rings is 1. The van der Waals surface area contributed by atoms with E-state index in [-0.39, 0.29) is 0 Å². The zero-order chi connectivity index (χ0) is 10.3. The van der Waals surface area contributed by atoms with Crippen LogP contribution in [0.25, 0.3) is 0 Å². The Labute approximate surface area is 86.5 Å². The monoisotopic (exact) mass is 189 g/mol. The third-order valence-electron chi connectivity index (χ3n) is 3.62. The van der Waals surface area contributed by atoms with E-state index in [1.807, 2.05) is 0 Å². The van der Waals surface area contributed by atoms with Gasteiger partial charge in [-0.25, -0.2) is 0 Å². The summed E-state index contributed by atoms with van der Waals surface area (Å²) in [7, 11) is 0. The zero-order valence-electron chi connectivity index (χ0n) is 9.52. The van der Waals surface area contributed by atoms with E-state index in [0.717, 1.165) is 6.54 Å². The predicted octanol–water partition coefficient (Wildman–Crippen LogP) is 2.90. The van der Waals surface area contributed by atoms with E-state index in [2.05, 4.69) is 45.1 Å². The van der Waals surface area contributed by atoms with Gasteiger partial charge in [0, 0.05) is 12.6 Å². The van der Waals surface area contributed by atoms with Crippen LogP contribution in [0.4, 0.5) is 0 Å². The smallest absolute Gasteiger partial charge is 0.0213 e. The van der Waals surface area contributed by atoms with Gasteiger partial charge in [-0.05, 0) is 48.9 Å². The molecule has 0 radical (unpaired) electrons. The number of aryl methyl sites for hydroxylation is 2. The lowest BCUT2D eigenvalue weighted by Gasteiger charge is -2.32. The molecule has 2 rings (SSSR count). The van der Waals surface area contributed by atoms with Crippen LogP contribution in [0.1, 0.15) is 42.0 Å². The number of nitrogens with one attached hydrogen (secondary N) is 1. The lowest BCUT2D eigenvalue weighted by Crippen LogP contribution is -2.36. The van der Waals surface area contributed by atoms with Crippen molar-refractivity contribution in [1.29, 1.82) is 0 Å². The molecule has 0 aromatic heterocycles. The molecule has 1 aliphatic rings. The molecule has 1 heterocycles. The average molecular weight is 189 g/mol. The molecule has 0 saturated carbocycles. The first kappa shape index (κ1) is 9.72. The van der Waals surface area contributed by atoms with E-state index in [4.69, 9.17) is 0 Å². The minimum Gasteiger partial charge on any atom is -0.310 e. The minimum atomic E-state index is 0.600. The second-order valence-corrected chi connectivity index (χ2v) is 4.55. The van der Waals surface area contributed by atoms with Gasteiger partial charge in [-0.2, -0.15) is 0 Å². The first-order chi connectivity index (χ1) is 6.61. The third kappa shape index (κ3) is 1.36. The molecule has 14 heavy (non-hydrogen) atoms. The van der Waals surface area contributed by atoms with Crippen LogP contribution in [0.5, 0.6) is 0 Å².